The summed E-state index contributed by atoms with van der Waals surface area (Å²) in [6.45, 7) is 5.36. The Balaban J connectivity index is 2.60. The molecule has 88 valence electrons. The number of hydrogen-bond donors (Lipinski definition) is 1. The predicted octanol–water partition coefficient (Wildman–Crippen LogP) is 2.49. The van der Waals surface area contributed by atoms with Crippen molar-refractivity contribution in [3.63, 3.8) is 0 Å². The van der Waals surface area contributed by atoms with Crippen molar-refractivity contribution >= 4 is 5.97 Å². The molecule has 1 aromatic carbocycles. The minimum atomic E-state index is -0.809. The van der Waals surface area contributed by atoms with E-state index >= 15 is 0 Å². The molecule has 0 aliphatic heterocycles. The van der Waals surface area contributed by atoms with Crippen LogP contribution >= 0.6 is 0 Å². The third kappa shape index (κ3) is 4.45. The number of aliphatic carboxylic acids is 1. The Hall–Kier alpha value is -1.35. The Bertz CT molecular complexity index is 345. The van der Waals surface area contributed by atoms with Gasteiger partial charge in [0.15, 0.2) is 0 Å². The van der Waals surface area contributed by atoms with Gasteiger partial charge in [-0.05, 0) is 17.0 Å². The first-order chi connectivity index (χ1) is 7.59. The Morgan fingerprint density at radius 3 is 2.50 bits per heavy atom. The second kappa shape index (κ2) is 6.28. The lowest BCUT2D eigenvalue weighted by atomic mass is 10.1. The van der Waals surface area contributed by atoms with Crippen molar-refractivity contribution in [2.24, 2.45) is 5.92 Å². The second-order valence-corrected chi connectivity index (χ2v) is 4.25. The molecule has 0 spiro atoms. The molecule has 3 heteroatoms. The lowest BCUT2D eigenvalue weighted by Gasteiger charge is -2.10. The van der Waals surface area contributed by atoms with Crippen LogP contribution in [0.3, 0.4) is 0 Å². The van der Waals surface area contributed by atoms with Gasteiger partial charge in [0.2, 0.25) is 0 Å². The van der Waals surface area contributed by atoms with E-state index in [2.05, 4.69) is 13.8 Å². The first-order valence-corrected chi connectivity index (χ1v) is 5.46. The monoisotopic (exact) mass is 222 g/mol. The SMILES string of the molecule is CC(C)COCc1ccccc1CC(=O)O. The molecule has 0 atom stereocenters. The van der Waals surface area contributed by atoms with E-state index in [1.54, 1.807) is 0 Å². The number of ether oxygens (including phenoxy) is 1. The summed E-state index contributed by atoms with van der Waals surface area (Å²) in [5.41, 5.74) is 1.80. The van der Waals surface area contributed by atoms with Crippen LogP contribution in [0.5, 0.6) is 0 Å². The molecular weight excluding hydrogens is 204 g/mol. The predicted molar refractivity (Wildman–Crippen MR) is 62.3 cm³/mol. The van der Waals surface area contributed by atoms with Crippen LogP contribution in [0.25, 0.3) is 0 Å². The lowest BCUT2D eigenvalue weighted by Crippen LogP contribution is -2.07. The maximum atomic E-state index is 10.7. The number of rotatable bonds is 6. The highest BCUT2D eigenvalue weighted by Crippen LogP contribution is 2.11. The second-order valence-electron chi connectivity index (χ2n) is 4.25. The Morgan fingerprint density at radius 1 is 1.31 bits per heavy atom. The topological polar surface area (TPSA) is 46.5 Å². The fourth-order valence-corrected chi connectivity index (χ4v) is 1.44. The van der Waals surface area contributed by atoms with E-state index in [0.29, 0.717) is 19.1 Å². The molecule has 16 heavy (non-hydrogen) atoms. The van der Waals surface area contributed by atoms with Gasteiger partial charge in [-0.1, -0.05) is 38.1 Å². The van der Waals surface area contributed by atoms with E-state index in [-0.39, 0.29) is 6.42 Å². The van der Waals surface area contributed by atoms with E-state index in [1.807, 2.05) is 24.3 Å². The van der Waals surface area contributed by atoms with Gasteiger partial charge in [0, 0.05) is 6.61 Å². The summed E-state index contributed by atoms with van der Waals surface area (Å²) in [4.78, 5) is 10.7. The zero-order valence-electron chi connectivity index (χ0n) is 9.77. The fourth-order valence-electron chi connectivity index (χ4n) is 1.44. The van der Waals surface area contributed by atoms with Gasteiger partial charge in [0.1, 0.15) is 0 Å². The minimum absolute atomic E-state index is 0.0568. The molecule has 3 nitrogen and oxygen atoms in total. The Labute approximate surface area is 96.1 Å². The van der Waals surface area contributed by atoms with Crippen LogP contribution in [0.1, 0.15) is 25.0 Å². The molecule has 0 aromatic heterocycles. The lowest BCUT2D eigenvalue weighted by molar-refractivity contribution is -0.136. The summed E-state index contributed by atoms with van der Waals surface area (Å²) < 4.78 is 5.51. The Morgan fingerprint density at radius 2 is 1.94 bits per heavy atom. The first-order valence-electron chi connectivity index (χ1n) is 5.46. The van der Waals surface area contributed by atoms with E-state index in [1.165, 1.54) is 0 Å². The molecule has 0 saturated heterocycles. The summed E-state index contributed by atoms with van der Waals surface area (Å²) in [6.07, 6.45) is 0.0568. The van der Waals surface area contributed by atoms with E-state index in [0.717, 1.165) is 11.1 Å². The van der Waals surface area contributed by atoms with Gasteiger partial charge in [-0.15, -0.1) is 0 Å². The van der Waals surface area contributed by atoms with Gasteiger partial charge >= 0.3 is 5.97 Å². The van der Waals surface area contributed by atoms with Crippen LogP contribution < -0.4 is 0 Å². The molecule has 0 unspecified atom stereocenters. The maximum Gasteiger partial charge on any atom is 0.307 e. The average Bonchev–Trinajstić information content (AvgIpc) is 2.19. The smallest absolute Gasteiger partial charge is 0.307 e. The molecule has 0 radical (unpaired) electrons. The number of benzene rings is 1. The van der Waals surface area contributed by atoms with Crippen LogP contribution in [0.2, 0.25) is 0 Å². The van der Waals surface area contributed by atoms with Gasteiger partial charge in [0.05, 0.1) is 13.0 Å². The van der Waals surface area contributed by atoms with Crippen molar-refractivity contribution in [1.29, 1.82) is 0 Å². The third-order valence-electron chi connectivity index (χ3n) is 2.17. The van der Waals surface area contributed by atoms with Crippen LogP contribution in [0.15, 0.2) is 24.3 Å². The molecule has 0 amide bonds. The van der Waals surface area contributed by atoms with Crippen molar-refractivity contribution in [2.75, 3.05) is 6.61 Å². The first kappa shape index (κ1) is 12.7. The molecular formula is C13H18O3. The minimum Gasteiger partial charge on any atom is -0.481 e. The van der Waals surface area contributed by atoms with Crippen LogP contribution in [-0.2, 0) is 22.6 Å². The van der Waals surface area contributed by atoms with E-state index in [9.17, 15) is 4.79 Å². The standard InChI is InChI=1S/C13H18O3/c1-10(2)8-16-9-12-6-4-3-5-11(12)7-13(14)15/h3-6,10H,7-9H2,1-2H3,(H,14,15). The quantitative estimate of drug-likeness (QED) is 0.804. The molecule has 1 aromatic rings. The van der Waals surface area contributed by atoms with Gasteiger partial charge in [0.25, 0.3) is 0 Å². The van der Waals surface area contributed by atoms with Gasteiger partial charge < -0.3 is 9.84 Å². The van der Waals surface area contributed by atoms with Crippen molar-refractivity contribution in [2.45, 2.75) is 26.9 Å². The van der Waals surface area contributed by atoms with E-state index < -0.39 is 5.97 Å². The molecule has 1 rings (SSSR count). The van der Waals surface area contributed by atoms with Crippen LogP contribution in [-0.4, -0.2) is 17.7 Å². The normalized spacial score (nSPS) is 10.7. The van der Waals surface area contributed by atoms with Crippen LogP contribution in [0.4, 0.5) is 0 Å². The summed E-state index contributed by atoms with van der Waals surface area (Å²) in [7, 11) is 0. The highest BCUT2D eigenvalue weighted by atomic mass is 16.5. The van der Waals surface area contributed by atoms with E-state index in [4.69, 9.17) is 9.84 Å². The molecule has 1 N–H and O–H groups in total. The average molecular weight is 222 g/mol. The summed E-state index contributed by atoms with van der Waals surface area (Å²) in [5.74, 6) is -0.317. The zero-order valence-corrected chi connectivity index (χ0v) is 9.77. The van der Waals surface area contributed by atoms with Gasteiger partial charge in [-0.3, -0.25) is 4.79 Å². The summed E-state index contributed by atoms with van der Waals surface area (Å²) >= 11 is 0. The largest absolute Gasteiger partial charge is 0.481 e. The molecule has 0 aliphatic rings. The molecule has 0 heterocycles. The molecule has 0 fully saturated rings. The number of carboxylic acids is 1. The number of carbonyl (C=O) groups is 1. The Kier molecular flexibility index (Phi) is 4.99. The van der Waals surface area contributed by atoms with Crippen LogP contribution in [0, 0.1) is 5.92 Å². The zero-order chi connectivity index (χ0) is 12.0. The fraction of sp³-hybridized carbons (Fsp3) is 0.462. The van der Waals surface area contributed by atoms with Crippen molar-refractivity contribution < 1.29 is 14.6 Å². The third-order valence-corrected chi connectivity index (χ3v) is 2.17. The van der Waals surface area contributed by atoms with Crippen molar-refractivity contribution in [1.82, 2.24) is 0 Å². The molecule has 0 saturated carbocycles. The van der Waals surface area contributed by atoms with Crippen molar-refractivity contribution in [3.05, 3.63) is 35.4 Å². The molecule has 0 bridgehead atoms. The highest BCUT2D eigenvalue weighted by molar-refractivity contribution is 5.70. The number of carboxylic acid groups (broad SMARTS) is 1. The molecule has 0 aliphatic carbocycles. The van der Waals surface area contributed by atoms with Gasteiger partial charge in [-0.2, -0.15) is 0 Å². The summed E-state index contributed by atoms with van der Waals surface area (Å²) in [5, 5.41) is 8.76. The maximum absolute atomic E-state index is 10.7. The highest BCUT2D eigenvalue weighted by Gasteiger charge is 2.06. The summed E-state index contributed by atoms with van der Waals surface area (Å²) in [6, 6.07) is 7.50. The van der Waals surface area contributed by atoms with Gasteiger partial charge in [-0.25, -0.2) is 0 Å². The van der Waals surface area contributed by atoms with Crippen molar-refractivity contribution in [3.8, 4) is 0 Å². The number of hydrogen-bond acceptors (Lipinski definition) is 2.